The van der Waals surface area contributed by atoms with E-state index in [1.807, 2.05) is 56.9 Å². The fourth-order valence-electron chi connectivity index (χ4n) is 6.84. The van der Waals surface area contributed by atoms with Crippen molar-refractivity contribution >= 4 is 17.5 Å². The van der Waals surface area contributed by atoms with Gasteiger partial charge in [0.15, 0.2) is 5.65 Å². The predicted octanol–water partition coefficient (Wildman–Crippen LogP) is 6.45. The van der Waals surface area contributed by atoms with Gasteiger partial charge in [-0.1, -0.05) is 38.6 Å². The number of rotatable bonds is 12. The minimum Gasteiger partial charge on any atom is -0.481 e. The largest absolute Gasteiger partial charge is 0.481 e. The summed E-state index contributed by atoms with van der Waals surface area (Å²) in [6.45, 7) is 13.0. The highest BCUT2D eigenvalue weighted by Crippen LogP contribution is 2.45. The number of aliphatic carboxylic acids is 1. The third-order valence-electron chi connectivity index (χ3n) is 9.31. The maximum Gasteiger partial charge on any atom is 0.416 e. The summed E-state index contributed by atoms with van der Waals surface area (Å²) >= 11 is 0. The molecule has 2 aliphatic rings. The number of fused-ring (bicyclic) bond motifs is 1. The van der Waals surface area contributed by atoms with Crippen LogP contribution >= 0.6 is 0 Å². The number of amides is 1. The van der Waals surface area contributed by atoms with E-state index in [4.69, 9.17) is 4.98 Å². The highest BCUT2D eigenvalue weighted by molar-refractivity contribution is 5.79. The Hall–Kier alpha value is -4.29. The summed E-state index contributed by atoms with van der Waals surface area (Å²) in [5.41, 5.74) is 4.02. The number of halogens is 3. The molecule has 2 aromatic heterocycles. The number of aromatic nitrogens is 3. The number of carbonyl (C=O) groups is 2. The highest BCUT2D eigenvalue weighted by Gasteiger charge is 2.60. The van der Waals surface area contributed by atoms with Crippen LogP contribution in [0.3, 0.4) is 0 Å². The number of alkyl halides is 3. The number of nitrogens with zero attached hydrogens (tertiary/aromatic N) is 6. The Morgan fingerprint density at radius 2 is 1.79 bits per heavy atom. The Balaban J connectivity index is 1.63. The minimum absolute atomic E-state index is 0.00525. The molecule has 0 aliphatic carbocycles. The lowest BCUT2D eigenvalue weighted by Gasteiger charge is -2.38. The molecule has 9 nitrogen and oxygen atoms in total. The Kier molecular flexibility index (Phi) is 9.71. The monoisotopic (exact) mass is 665 g/mol. The summed E-state index contributed by atoms with van der Waals surface area (Å²) in [5.74, 6) is -1.33. The summed E-state index contributed by atoms with van der Waals surface area (Å²) in [5, 5.41) is 14.7. The molecule has 2 atom stereocenters. The fourth-order valence-corrected chi connectivity index (χ4v) is 6.84. The van der Waals surface area contributed by atoms with Crippen LogP contribution in [0.4, 0.5) is 13.2 Å². The molecular weight excluding hydrogens is 621 g/mol. The van der Waals surface area contributed by atoms with Crippen LogP contribution < -0.4 is 0 Å². The lowest BCUT2D eigenvalue weighted by Crippen LogP contribution is -2.51. The van der Waals surface area contributed by atoms with Crippen LogP contribution in [0.15, 0.2) is 72.2 Å². The first-order valence-electron chi connectivity index (χ1n) is 16.2. The molecule has 0 radical (unpaired) electrons. The van der Waals surface area contributed by atoms with Crippen molar-refractivity contribution in [1.29, 1.82) is 0 Å². The SMILES string of the molecule is C=C1C=C(C(F)(F)F)C(CCN(C)C)=CN1[C@@H](CC(C)C)C(=O)[N+]1([C@@H](CC(=O)O)c2cc(-c3c(C)cccc3C)nc3ccnn23)CC1. The molecule has 0 bridgehead atoms. The molecule has 1 aromatic carbocycles. The van der Waals surface area contributed by atoms with Crippen LogP contribution in [0.2, 0.25) is 0 Å². The molecule has 3 aromatic rings. The Bertz CT molecular complexity index is 1780. The van der Waals surface area contributed by atoms with Crippen molar-refractivity contribution in [3.05, 3.63) is 89.0 Å². The quantitative estimate of drug-likeness (QED) is 0.176. The average molecular weight is 666 g/mol. The molecule has 2 aliphatic heterocycles. The number of carboxylic acid groups (broad SMARTS) is 1. The Morgan fingerprint density at radius 1 is 1.12 bits per heavy atom. The number of benzene rings is 1. The first-order valence-corrected chi connectivity index (χ1v) is 16.2. The van der Waals surface area contributed by atoms with E-state index >= 15 is 0 Å². The smallest absolute Gasteiger partial charge is 0.416 e. The second-order valence-corrected chi connectivity index (χ2v) is 13.7. The van der Waals surface area contributed by atoms with Gasteiger partial charge in [-0.15, -0.1) is 0 Å². The molecule has 4 heterocycles. The van der Waals surface area contributed by atoms with Crippen LogP contribution in [0.25, 0.3) is 16.9 Å². The van der Waals surface area contributed by atoms with Crippen LogP contribution in [-0.4, -0.2) is 91.8 Å². The minimum atomic E-state index is -4.59. The fraction of sp³-hybridized carbons (Fsp3) is 0.444. The second-order valence-electron chi connectivity index (χ2n) is 13.7. The van der Waals surface area contributed by atoms with Crippen molar-refractivity contribution in [2.75, 3.05) is 33.7 Å². The predicted molar refractivity (Wildman–Crippen MR) is 178 cm³/mol. The first kappa shape index (κ1) is 35.0. The normalized spacial score (nSPS) is 17.5. The van der Waals surface area contributed by atoms with Gasteiger partial charge >= 0.3 is 18.1 Å². The average Bonchev–Trinajstić information content (AvgIpc) is 3.66. The first-order chi connectivity index (χ1) is 22.5. The van der Waals surface area contributed by atoms with Gasteiger partial charge in [0.05, 0.1) is 17.5 Å². The number of hydrogen-bond donors (Lipinski definition) is 1. The number of carboxylic acids is 1. The summed E-state index contributed by atoms with van der Waals surface area (Å²) in [4.78, 5) is 35.7. The van der Waals surface area contributed by atoms with Crippen molar-refractivity contribution in [1.82, 2.24) is 24.4 Å². The molecule has 0 unspecified atom stereocenters. The molecular formula is C36H44F3N6O3+. The van der Waals surface area contributed by atoms with E-state index in [0.717, 1.165) is 22.8 Å². The van der Waals surface area contributed by atoms with Gasteiger partial charge in [0.2, 0.25) is 0 Å². The maximum absolute atomic E-state index is 15.0. The number of aryl methyl sites for hydroxylation is 2. The summed E-state index contributed by atoms with van der Waals surface area (Å²) in [7, 11) is 3.58. The molecule has 1 fully saturated rings. The standard InChI is InChI=1S/C36H43F3N6O3/c1-22(2)17-30(43-21-26(12-14-42(6)7)27(18-25(43)5)36(37,38)39)35(48)45(15-16-45)31(20-33(46)47)29-19-28(41-32-11-13-40-44(29)32)34-23(3)9-8-10-24(34)4/h8-11,13,18-19,21-22,30-31H,5,12,14-17,20H2,1-4,6-7H3/p+1/t30-,31-/m0/s1. The van der Waals surface area contributed by atoms with Crippen LogP contribution in [-0.2, 0) is 9.59 Å². The van der Waals surface area contributed by atoms with Crippen molar-refractivity contribution in [2.45, 2.75) is 65.2 Å². The maximum atomic E-state index is 15.0. The van der Waals surface area contributed by atoms with Crippen LogP contribution in [0.5, 0.6) is 0 Å². The zero-order chi connectivity index (χ0) is 35.1. The van der Waals surface area contributed by atoms with E-state index in [1.54, 1.807) is 35.8 Å². The van der Waals surface area contributed by atoms with Gasteiger partial charge in [-0.2, -0.15) is 18.3 Å². The van der Waals surface area contributed by atoms with Crippen LogP contribution in [0, 0.1) is 19.8 Å². The van der Waals surface area contributed by atoms with Crippen molar-refractivity contribution < 1.29 is 32.3 Å². The zero-order valence-electron chi connectivity index (χ0n) is 28.4. The third-order valence-corrected chi connectivity index (χ3v) is 9.31. The van der Waals surface area contributed by atoms with Gasteiger partial charge in [0, 0.05) is 30.1 Å². The summed E-state index contributed by atoms with van der Waals surface area (Å²) in [6, 6.07) is 7.83. The highest BCUT2D eigenvalue weighted by atomic mass is 19.4. The lowest BCUT2D eigenvalue weighted by molar-refractivity contribution is -0.757. The van der Waals surface area contributed by atoms with E-state index < -0.39 is 29.8 Å². The number of carbonyl (C=O) groups excluding carboxylic acids is 1. The molecule has 12 heteroatoms. The Morgan fingerprint density at radius 3 is 2.35 bits per heavy atom. The molecule has 1 amide bonds. The van der Waals surface area contributed by atoms with Gasteiger partial charge in [-0.05, 0) is 75.5 Å². The molecule has 256 valence electrons. The van der Waals surface area contributed by atoms with E-state index in [0.29, 0.717) is 43.1 Å². The van der Waals surface area contributed by atoms with Crippen molar-refractivity contribution in [3.63, 3.8) is 0 Å². The summed E-state index contributed by atoms with van der Waals surface area (Å²) in [6.07, 6.45) is -0.421. The van der Waals surface area contributed by atoms with Gasteiger partial charge in [0.1, 0.15) is 37.3 Å². The molecule has 0 saturated carbocycles. The topological polar surface area (TPSA) is 91.0 Å². The lowest BCUT2D eigenvalue weighted by atomic mass is 9.94. The van der Waals surface area contributed by atoms with Gasteiger partial charge in [-0.3, -0.25) is 4.79 Å². The third kappa shape index (κ3) is 6.95. The van der Waals surface area contributed by atoms with E-state index in [1.165, 1.54) is 6.20 Å². The molecule has 1 N–H and O–H groups in total. The van der Waals surface area contributed by atoms with E-state index in [-0.39, 0.29) is 40.4 Å². The van der Waals surface area contributed by atoms with Crippen molar-refractivity contribution in [2.24, 2.45) is 5.92 Å². The number of quaternary nitrogens is 1. The van der Waals surface area contributed by atoms with E-state index in [2.05, 4.69) is 11.7 Å². The molecule has 5 rings (SSSR count). The molecule has 1 saturated heterocycles. The summed E-state index contributed by atoms with van der Waals surface area (Å²) < 4.78 is 44.0. The number of allylic oxidation sites excluding steroid dienone is 2. The van der Waals surface area contributed by atoms with E-state index in [9.17, 15) is 27.9 Å². The second kappa shape index (κ2) is 13.3. The number of hydrogen-bond acceptors (Lipinski definition) is 6. The van der Waals surface area contributed by atoms with Gasteiger partial charge in [0.25, 0.3) is 0 Å². The van der Waals surface area contributed by atoms with Crippen LogP contribution in [0.1, 0.15) is 56.0 Å². The van der Waals surface area contributed by atoms with Gasteiger partial charge in [-0.25, -0.2) is 18.8 Å². The van der Waals surface area contributed by atoms with Gasteiger partial charge < -0.3 is 14.9 Å². The molecule has 48 heavy (non-hydrogen) atoms. The zero-order valence-corrected chi connectivity index (χ0v) is 28.4. The molecule has 0 spiro atoms. The van der Waals surface area contributed by atoms with Crippen molar-refractivity contribution in [3.8, 4) is 11.3 Å². The Labute approximate surface area is 279 Å².